The molecule has 0 aliphatic heterocycles. The molecule has 0 saturated carbocycles. The van der Waals surface area contributed by atoms with Gasteiger partial charge in [0.1, 0.15) is 0 Å². The number of thioether (sulfide) groups is 1. The molecule has 0 spiro atoms. The van der Waals surface area contributed by atoms with Crippen LogP contribution in [0.1, 0.15) is 22.3 Å². The number of rotatable bonds is 6. The zero-order valence-corrected chi connectivity index (χ0v) is 15.8. The normalized spacial score (nSPS) is 10.4. The lowest BCUT2D eigenvalue weighted by molar-refractivity contribution is -0.144. The Balaban J connectivity index is 1.79. The molecule has 1 amide bonds. The number of anilines is 1. The molecule has 0 heterocycles. The molecule has 132 valence electrons. The van der Waals surface area contributed by atoms with Crippen molar-refractivity contribution in [3.05, 3.63) is 58.7 Å². The van der Waals surface area contributed by atoms with Gasteiger partial charge in [0.15, 0.2) is 6.61 Å². The molecule has 0 aliphatic carbocycles. The van der Waals surface area contributed by atoms with E-state index in [2.05, 4.69) is 11.4 Å². The summed E-state index contributed by atoms with van der Waals surface area (Å²) in [5.41, 5.74) is 5.16. The monoisotopic (exact) mass is 357 g/mol. The summed E-state index contributed by atoms with van der Waals surface area (Å²) in [6.07, 6.45) is 0. The molecule has 0 fully saturated rings. The third kappa shape index (κ3) is 5.64. The molecule has 2 aromatic carbocycles. The van der Waals surface area contributed by atoms with Gasteiger partial charge in [0, 0.05) is 10.6 Å². The zero-order chi connectivity index (χ0) is 18.4. The molecule has 0 atom stereocenters. The van der Waals surface area contributed by atoms with Crippen molar-refractivity contribution in [3.63, 3.8) is 0 Å². The number of esters is 1. The van der Waals surface area contributed by atoms with Gasteiger partial charge in [0.05, 0.1) is 5.75 Å². The highest BCUT2D eigenvalue weighted by atomic mass is 32.2. The molecule has 0 aliphatic rings. The number of ether oxygens (including phenoxy) is 1. The van der Waals surface area contributed by atoms with E-state index >= 15 is 0 Å². The lowest BCUT2D eigenvalue weighted by Gasteiger charge is -2.11. The molecule has 0 radical (unpaired) electrons. The first-order valence-electron chi connectivity index (χ1n) is 8.08. The molecule has 0 saturated heterocycles. The Labute approximate surface area is 153 Å². The molecule has 0 aromatic heterocycles. The molecule has 2 rings (SSSR count). The van der Waals surface area contributed by atoms with Crippen LogP contribution in [0.3, 0.4) is 0 Å². The quantitative estimate of drug-likeness (QED) is 0.622. The molecular weight excluding hydrogens is 334 g/mol. The molecule has 4 nitrogen and oxygen atoms in total. The summed E-state index contributed by atoms with van der Waals surface area (Å²) in [5.74, 6) is -0.555. The first kappa shape index (κ1) is 19.1. The first-order chi connectivity index (χ1) is 11.9. The van der Waals surface area contributed by atoms with Gasteiger partial charge in [-0.25, -0.2) is 0 Å². The minimum Gasteiger partial charge on any atom is -0.455 e. The number of carbonyl (C=O) groups is 2. The molecule has 5 heteroatoms. The van der Waals surface area contributed by atoms with E-state index < -0.39 is 5.97 Å². The van der Waals surface area contributed by atoms with Crippen LogP contribution in [0.25, 0.3) is 0 Å². The predicted molar refractivity (Wildman–Crippen MR) is 102 cm³/mol. The largest absolute Gasteiger partial charge is 0.455 e. The van der Waals surface area contributed by atoms with E-state index in [-0.39, 0.29) is 18.3 Å². The Morgan fingerprint density at radius 2 is 1.80 bits per heavy atom. The number of amides is 1. The topological polar surface area (TPSA) is 55.4 Å². The van der Waals surface area contributed by atoms with Gasteiger partial charge < -0.3 is 10.1 Å². The molecule has 0 unspecified atom stereocenters. The molecular formula is C20H23NO3S. The summed E-state index contributed by atoms with van der Waals surface area (Å²) in [7, 11) is 0. The lowest BCUT2D eigenvalue weighted by Crippen LogP contribution is -2.22. The Morgan fingerprint density at radius 1 is 1.04 bits per heavy atom. The Morgan fingerprint density at radius 3 is 2.52 bits per heavy atom. The summed E-state index contributed by atoms with van der Waals surface area (Å²) >= 11 is 1.42. The highest BCUT2D eigenvalue weighted by Gasteiger charge is 2.11. The summed E-state index contributed by atoms with van der Waals surface area (Å²) < 4.78 is 5.06. The lowest BCUT2D eigenvalue weighted by atomic mass is 10.1. The molecule has 25 heavy (non-hydrogen) atoms. The Kier molecular flexibility index (Phi) is 6.65. The van der Waals surface area contributed by atoms with E-state index in [1.807, 2.05) is 58.0 Å². The second kappa shape index (κ2) is 8.72. The average Bonchev–Trinajstić information content (AvgIpc) is 2.56. The van der Waals surface area contributed by atoms with Crippen molar-refractivity contribution in [3.8, 4) is 0 Å². The van der Waals surface area contributed by atoms with Crippen LogP contribution in [0.4, 0.5) is 5.69 Å². The number of carbonyl (C=O) groups excluding carboxylic acids is 2. The predicted octanol–water partition coefficient (Wildman–Crippen LogP) is 4.19. The van der Waals surface area contributed by atoms with Gasteiger partial charge in [-0.15, -0.1) is 11.8 Å². The highest BCUT2D eigenvalue weighted by Crippen LogP contribution is 2.23. The SMILES string of the molecule is Cc1ccc(SCC(=O)OCC(=O)Nc2cccc(C)c2C)c(C)c1. The van der Waals surface area contributed by atoms with E-state index in [0.29, 0.717) is 0 Å². The van der Waals surface area contributed by atoms with Gasteiger partial charge in [0.2, 0.25) is 0 Å². The smallest absolute Gasteiger partial charge is 0.316 e. The average molecular weight is 357 g/mol. The fraction of sp³-hybridized carbons (Fsp3) is 0.300. The summed E-state index contributed by atoms with van der Waals surface area (Å²) in [6, 6.07) is 11.8. The van der Waals surface area contributed by atoms with Crippen LogP contribution in [0, 0.1) is 27.7 Å². The van der Waals surface area contributed by atoms with Crippen molar-refractivity contribution in [2.24, 2.45) is 0 Å². The highest BCUT2D eigenvalue weighted by molar-refractivity contribution is 8.00. The first-order valence-corrected chi connectivity index (χ1v) is 9.07. The van der Waals surface area contributed by atoms with Crippen LogP contribution < -0.4 is 5.32 Å². The van der Waals surface area contributed by atoms with Crippen molar-refractivity contribution in [1.82, 2.24) is 0 Å². The third-order valence-electron chi connectivity index (χ3n) is 3.92. The van der Waals surface area contributed by atoms with Crippen LogP contribution in [0.15, 0.2) is 41.3 Å². The van der Waals surface area contributed by atoms with Crippen LogP contribution in [0.2, 0.25) is 0 Å². The van der Waals surface area contributed by atoms with Crippen molar-refractivity contribution in [2.75, 3.05) is 17.7 Å². The van der Waals surface area contributed by atoms with Gasteiger partial charge in [-0.2, -0.15) is 0 Å². The maximum Gasteiger partial charge on any atom is 0.316 e. The van der Waals surface area contributed by atoms with Gasteiger partial charge in [-0.05, 0) is 56.5 Å². The van der Waals surface area contributed by atoms with Gasteiger partial charge >= 0.3 is 5.97 Å². The van der Waals surface area contributed by atoms with E-state index in [1.54, 1.807) is 0 Å². The van der Waals surface area contributed by atoms with Crippen molar-refractivity contribution in [2.45, 2.75) is 32.6 Å². The fourth-order valence-electron chi connectivity index (χ4n) is 2.36. The number of aryl methyl sites for hydroxylation is 3. The van der Waals surface area contributed by atoms with E-state index in [1.165, 1.54) is 17.3 Å². The van der Waals surface area contributed by atoms with Crippen molar-refractivity contribution in [1.29, 1.82) is 0 Å². The summed E-state index contributed by atoms with van der Waals surface area (Å²) in [6.45, 7) is 7.69. The zero-order valence-electron chi connectivity index (χ0n) is 15.0. The summed E-state index contributed by atoms with van der Waals surface area (Å²) in [4.78, 5) is 24.8. The van der Waals surface area contributed by atoms with Gasteiger partial charge in [-0.1, -0.05) is 29.8 Å². The number of nitrogens with one attached hydrogen (secondary N) is 1. The Hall–Kier alpha value is -2.27. The van der Waals surface area contributed by atoms with E-state index in [4.69, 9.17) is 4.74 Å². The van der Waals surface area contributed by atoms with Crippen molar-refractivity contribution >= 4 is 29.3 Å². The Bertz CT molecular complexity index is 787. The van der Waals surface area contributed by atoms with Gasteiger partial charge in [0.25, 0.3) is 5.91 Å². The van der Waals surface area contributed by atoms with Crippen LogP contribution in [-0.2, 0) is 14.3 Å². The second-order valence-electron chi connectivity index (χ2n) is 6.01. The molecule has 0 bridgehead atoms. The molecule has 1 N–H and O–H groups in total. The van der Waals surface area contributed by atoms with Gasteiger partial charge in [-0.3, -0.25) is 9.59 Å². The fourth-order valence-corrected chi connectivity index (χ4v) is 3.17. The number of hydrogen-bond donors (Lipinski definition) is 1. The minimum absolute atomic E-state index is 0.181. The number of hydrogen-bond acceptors (Lipinski definition) is 4. The number of benzene rings is 2. The standard InChI is InChI=1S/C20H23NO3S/c1-13-8-9-18(15(3)10-13)25-12-20(23)24-11-19(22)21-17-7-5-6-14(2)16(17)4/h5-10H,11-12H2,1-4H3,(H,21,22). The van der Waals surface area contributed by atoms with E-state index in [0.717, 1.165) is 27.3 Å². The maximum absolute atomic E-state index is 12.0. The van der Waals surface area contributed by atoms with Crippen LogP contribution >= 0.6 is 11.8 Å². The third-order valence-corrected chi connectivity index (χ3v) is 5.07. The van der Waals surface area contributed by atoms with E-state index in [9.17, 15) is 9.59 Å². The minimum atomic E-state index is -0.402. The second-order valence-corrected chi connectivity index (χ2v) is 7.03. The van der Waals surface area contributed by atoms with Crippen LogP contribution in [-0.4, -0.2) is 24.2 Å². The summed E-state index contributed by atoms with van der Waals surface area (Å²) in [5, 5.41) is 2.77. The molecule has 2 aromatic rings. The van der Waals surface area contributed by atoms with Crippen molar-refractivity contribution < 1.29 is 14.3 Å². The van der Waals surface area contributed by atoms with Crippen LogP contribution in [0.5, 0.6) is 0 Å². The maximum atomic E-state index is 12.0.